The zero-order chi connectivity index (χ0) is 13.2. The fourth-order valence-electron chi connectivity index (χ4n) is 2.07. The van der Waals surface area contributed by atoms with Gasteiger partial charge in [-0.15, -0.1) is 0 Å². The molecular formula is C12H18N4O2. The highest BCUT2D eigenvalue weighted by molar-refractivity contribution is 5.99. The van der Waals surface area contributed by atoms with E-state index in [2.05, 4.69) is 10.4 Å². The number of ether oxygens (including phenoxy) is 1. The first-order valence-corrected chi connectivity index (χ1v) is 5.87. The first-order chi connectivity index (χ1) is 8.56. The van der Waals surface area contributed by atoms with Crippen LogP contribution in [0.2, 0.25) is 0 Å². The second kappa shape index (κ2) is 4.91. The van der Waals surface area contributed by atoms with Crippen LogP contribution in [0.15, 0.2) is 18.3 Å². The van der Waals surface area contributed by atoms with Crippen molar-refractivity contribution in [3.8, 4) is 0 Å². The van der Waals surface area contributed by atoms with Crippen LogP contribution in [0.5, 0.6) is 0 Å². The number of nitrogens with one attached hydrogen (secondary N) is 1. The minimum atomic E-state index is -0.322. The molecule has 1 aromatic rings. The Balaban J connectivity index is 2.30. The number of hydrogen-bond acceptors (Lipinski definition) is 5. The van der Waals surface area contributed by atoms with Crippen molar-refractivity contribution in [1.82, 2.24) is 9.88 Å². The molecule has 3 N–H and O–H groups in total. The van der Waals surface area contributed by atoms with Gasteiger partial charge in [-0.2, -0.15) is 0 Å². The molecule has 6 heteroatoms. The van der Waals surface area contributed by atoms with Gasteiger partial charge in [-0.3, -0.25) is 4.79 Å². The summed E-state index contributed by atoms with van der Waals surface area (Å²) in [5.41, 5.74) is 2.61. The normalized spacial score (nSPS) is 18.5. The van der Waals surface area contributed by atoms with Crippen LogP contribution >= 0.6 is 0 Å². The summed E-state index contributed by atoms with van der Waals surface area (Å²) in [6, 6.07) is 3.44. The molecule has 0 aromatic carbocycles. The van der Waals surface area contributed by atoms with Gasteiger partial charge in [0.05, 0.1) is 24.3 Å². The van der Waals surface area contributed by atoms with E-state index in [9.17, 15) is 4.79 Å². The first kappa shape index (κ1) is 12.8. The van der Waals surface area contributed by atoms with E-state index in [4.69, 9.17) is 10.6 Å². The molecule has 0 saturated carbocycles. The van der Waals surface area contributed by atoms with Crippen molar-refractivity contribution in [1.29, 1.82) is 0 Å². The van der Waals surface area contributed by atoms with E-state index in [1.165, 1.54) is 0 Å². The maximum Gasteiger partial charge on any atom is 0.258 e. The molecule has 1 aliphatic heterocycles. The average Bonchev–Trinajstić information content (AvgIpc) is 2.37. The zero-order valence-corrected chi connectivity index (χ0v) is 10.6. The third-order valence-corrected chi connectivity index (χ3v) is 3.07. The molecule has 2 rings (SSSR count). The van der Waals surface area contributed by atoms with Crippen LogP contribution in [-0.2, 0) is 4.74 Å². The Kier molecular flexibility index (Phi) is 3.49. The molecule has 1 aliphatic rings. The van der Waals surface area contributed by atoms with E-state index in [1.54, 1.807) is 23.2 Å². The van der Waals surface area contributed by atoms with Crippen LogP contribution in [-0.4, -0.2) is 41.1 Å². The molecule has 0 aliphatic carbocycles. The number of rotatable bonds is 2. The highest BCUT2D eigenvalue weighted by Gasteiger charge is 2.35. The van der Waals surface area contributed by atoms with Crippen LogP contribution in [0.3, 0.4) is 0 Å². The summed E-state index contributed by atoms with van der Waals surface area (Å²) in [7, 11) is 0. The van der Waals surface area contributed by atoms with Crippen LogP contribution in [0, 0.1) is 0 Å². The van der Waals surface area contributed by atoms with E-state index in [0.717, 1.165) is 0 Å². The molecule has 1 fully saturated rings. The Labute approximate surface area is 106 Å². The number of anilines is 1. The van der Waals surface area contributed by atoms with Gasteiger partial charge >= 0.3 is 0 Å². The summed E-state index contributed by atoms with van der Waals surface area (Å²) < 4.78 is 5.41. The van der Waals surface area contributed by atoms with Crippen molar-refractivity contribution < 1.29 is 9.53 Å². The number of nitrogen functional groups attached to an aromatic ring is 1. The molecule has 0 atom stereocenters. The number of amides is 1. The largest absolute Gasteiger partial charge is 0.377 e. The predicted molar refractivity (Wildman–Crippen MR) is 68.0 cm³/mol. The van der Waals surface area contributed by atoms with Crippen molar-refractivity contribution in [3.63, 3.8) is 0 Å². The lowest BCUT2D eigenvalue weighted by Gasteiger charge is -2.42. The highest BCUT2D eigenvalue weighted by Crippen LogP contribution is 2.23. The van der Waals surface area contributed by atoms with Crippen molar-refractivity contribution in [2.75, 3.05) is 25.2 Å². The van der Waals surface area contributed by atoms with E-state index in [1.807, 2.05) is 13.8 Å². The fourth-order valence-corrected chi connectivity index (χ4v) is 2.07. The number of pyridine rings is 1. The Morgan fingerprint density at radius 1 is 1.61 bits per heavy atom. The van der Waals surface area contributed by atoms with Gasteiger partial charge in [0.25, 0.3) is 5.91 Å². The summed E-state index contributed by atoms with van der Waals surface area (Å²) in [6.45, 7) is 5.63. The highest BCUT2D eigenvalue weighted by atomic mass is 16.5. The number of hydrogen-bond donors (Lipinski definition) is 2. The number of morpholine rings is 1. The summed E-state index contributed by atoms with van der Waals surface area (Å²) in [5.74, 6) is 5.69. The van der Waals surface area contributed by atoms with Gasteiger partial charge in [-0.25, -0.2) is 10.8 Å². The van der Waals surface area contributed by atoms with Crippen molar-refractivity contribution >= 4 is 11.7 Å². The molecule has 98 valence electrons. The van der Waals surface area contributed by atoms with Gasteiger partial charge in [0.2, 0.25) is 0 Å². The molecule has 0 unspecified atom stereocenters. The summed E-state index contributed by atoms with van der Waals surface area (Å²) in [5, 5.41) is 0. The number of aromatic nitrogens is 1. The minimum Gasteiger partial charge on any atom is -0.377 e. The maximum atomic E-state index is 12.5. The van der Waals surface area contributed by atoms with Crippen molar-refractivity contribution in [2.45, 2.75) is 19.4 Å². The Bertz CT molecular complexity index is 447. The van der Waals surface area contributed by atoms with Crippen LogP contribution in [0.4, 0.5) is 5.82 Å². The Hall–Kier alpha value is -1.66. The number of carbonyl (C=O) groups excluding carboxylic acids is 1. The average molecular weight is 250 g/mol. The van der Waals surface area contributed by atoms with Gasteiger partial charge in [-0.1, -0.05) is 0 Å². The Morgan fingerprint density at radius 2 is 2.39 bits per heavy atom. The SMILES string of the molecule is CC1(C)COCCN1C(=O)c1cccnc1NN. The molecule has 6 nitrogen and oxygen atoms in total. The second-order valence-electron chi connectivity index (χ2n) is 4.87. The van der Waals surface area contributed by atoms with Gasteiger partial charge in [0, 0.05) is 12.7 Å². The smallest absolute Gasteiger partial charge is 0.258 e. The number of nitrogens with zero attached hydrogens (tertiary/aromatic N) is 2. The number of nitrogens with two attached hydrogens (primary N) is 1. The van der Waals surface area contributed by atoms with E-state index in [0.29, 0.717) is 31.1 Å². The van der Waals surface area contributed by atoms with Gasteiger partial charge < -0.3 is 15.1 Å². The quantitative estimate of drug-likeness (QED) is 0.594. The van der Waals surface area contributed by atoms with Crippen LogP contribution in [0.1, 0.15) is 24.2 Å². The van der Waals surface area contributed by atoms with Gasteiger partial charge in [0.1, 0.15) is 0 Å². The summed E-state index contributed by atoms with van der Waals surface area (Å²) in [6.07, 6.45) is 1.59. The molecule has 1 saturated heterocycles. The molecule has 2 heterocycles. The van der Waals surface area contributed by atoms with Crippen molar-refractivity contribution in [2.24, 2.45) is 5.84 Å². The maximum absolute atomic E-state index is 12.5. The first-order valence-electron chi connectivity index (χ1n) is 5.87. The lowest BCUT2D eigenvalue weighted by molar-refractivity contribution is -0.0370. The molecule has 0 bridgehead atoms. The Morgan fingerprint density at radius 3 is 3.06 bits per heavy atom. The molecule has 0 radical (unpaired) electrons. The molecule has 1 aromatic heterocycles. The van der Waals surface area contributed by atoms with E-state index in [-0.39, 0.29) is 11.4 Å². The minimum absolute atomic E-state index is 0.0793. The zero-order valence-electron chi connectivity index (χ0n) is 10.6. The third kappa shape index (κ3) is 2.30. The number of hydrazine groups is 1. The van der Waals surface area contributed by atoms with E-state index < -0.39 is 0 Å². The lowest BCUT2D eigenvalue weighted by atomic mass is 10.0. The molecular weight excluding hydrogens is 232 g/mol. The monoisotopic (exact) mass is 250 g/mol. The van der Waals surface area contributed by atoms with Gasteiger partial charge in [0.15, 0.2) is 5.82 Å². The lowest BCUT2D eigenvalue weighted by Crippen LogP contribution is -2.55. The topological polar surface area (TPSA) is 80.5 Å². The standard InChI is InChI=1S/C12H18N4O2/c1-12(2)8-18-7-6-16(12)11(17)9-4-3-5-14-10(9)15-13/h3-5H,6-8,13H2,1-2H3,(H,14,15). The molecule has 0 spiro atoms. The van der Waals surface area contributed by atoms with Crippen LogP contribution in [0.25, 0.3) is 0 Å². The summed E-state index contributed by atoms with van der Waals surface area (Å²) >= 11 is 0. The summed E-state index contributed by atoms with van der Waals surface area (Å²) in [4.78, 5) is 18.4. The molecule has 18 heavy (non-hydrogen) atoms. The van der Waals surface area contributed by atoms with E-state index >= 15 is 0 Å². The van der Waals surface area contributed by atoms with Crippen molar-refractivity contribution in [3.05, 3.63) is 23.9 Å². The second-order valence-corrected chi connectivity index (χ2v) is 4.87. The van der Waals surface area contributed by atoms with Gasteiger partial charge in [-0.05, 0) is 26.0 Å². The van der Waals surface area contributed by atoms with Crippen LogP contribution < -0.4 is 11.3 Å². The number of carbonyl (C=O) groups is 1. The predicted octanol–water partition coefficient (Wildman–Crippen LogP) is 0.618. The third-order valence-electron chi connectivity index (χ3n) is 3.07. The molecule has 1 amide bonds. The fraction of sp³-hybridized carbons (Fsp3) is 0.500.